The van der Waals surface area contributed by atoms with Crippen molar-refractivity contribution in [2.45, 2.75) is 12.8 Å². The lowest BCUT2D eigenvalue weighted by molar-refractivity contribution is 0.0983. The first-order chi connectivity index (χ1) is 6.68. The minimum atomic E-state index is -0.555. The maximum atomic E-state index is 13.0. The van der Waals surface area contributed by atoms with Gasteiger partial charge in [0, 0.05) is 12.5 Å². The van der Waals surface area contributed by atoms with E-state index >= 15 is 0 Å². The summed E-state index contributed by atoms with van der Waals surface area (Å²) in [7, 11) is 0. The SMILES string of the molecule is O=C1CCCOc2cc(F)c(Cl)cc21. The van der Waals surface area contributed by atoms with Crippen molar-refractivity contribution < 1.29 is 13.9 Å². The number of hydrogen-bond donors (Lipinski definition) is 0. The molecule has 1 heterocycles. The molecule has 1 aromatic rings. The third kappa shape index (κ3) is 1.60. The molecule has 1 aliphatic rings. The maximum absolute atomic E-state index is 13.0. The molecule has 0 N–H and O–H groups in total. The Kier molecular flexibility index (Phi) is 2.42. The van der Waals surface area contributed by atoms with Crippen molar-refractivity contribution >= 4 is 17.4 Å². The summed E-state index contributed by atoms with van der Waals surface area (Å²) in [5.41, 5.74) is 0.383. The van der Waals surface area contributed by atoms with Gasteiger partial charge in [-0.15, -0.1) is 0 Å². The average molecular weight is 215 g/mol. The number of ether oxygens (including phenoxy) is 1. The molecule has 14 heavy (non-hydrogen) atoms. The molecule has 2 nitrogen and oxygen atoms in total. The Labute approximate surface area is 85.6 Å². The fraction of sp³-hybridized carbons (Fsp3) is 0.300. The molecule has 1 aliphatic heterocycles. The first kappa shape index (κ1) is 9.46. The highest BCUT2D eigenvalue weighted by Gasteiger charge is 2.18. The number of ketones is 1. The molecule has 0 fully saturated rings. The van der Waals surface area contributed by atoms with Crippen molar-refractivity contribution in [3.63, 3.8) is 0 Å². The number of carbonyl (C=O) groups is 1. The van der Waals surface area contributed by atoms with Crippen LogP contribution in [0.4, 0.5) is 4.39 Å². The first-order valence-electron chi connectivity index (χ1n) is 4.33. The topological polar surface area (TPSA) is 26.3 Å². The van der Waals surface area contributed by atoms with Gasteiger partial charge in [0.25, 0.3) is 0 Å². The van der Waals surface area contributed by atoms with Gasteiger partial charge in [-0.25, -0.2) is 4.39 Å². The first-order valence-corrected chi connectivity index (χ1v) is 4.71. The highest BCUT2D eigenvalue weighted by Crippen LogP contribution is 2.29. The molecule has 0 bridgehead atoms. The summed E-state index contributed by atoms with van der Waals surface area (Å²) in [6.07, 6.45) is 1.09. The van der Waals surface area contributed by atoms with Crippen LogP contribution in [0.3, 0.4) is 0 Å². The number of benzene rings is 1. The molecule has 0 unspecified atom stereocenters. The average Bonchev–Trinajstić information content (AvgIpc) is 2.31. The molecule has 0 saturated heterocycles. The van der Waals surface area contributed by atoms with Crippen LogP contribution >= 0.6 is 11.6 Å². The van der Waals surface area contributed by atoms with Crippen LogP contribution in [0.15, 0.2) is 12.1 Å². The van der Waals surface area contributed by atoms with E-state index < -0.39 is 5.82 Å². The Morgan fingerprint density at radius 3 is 3.00 bits per heavy atom. The van der Waals surface area contributed by atoms with Crippen molar-refractivity contribution in [2.24, 2.45) is 0 Å². The Balaban J connectivity index is 2.54. The van der Waals surface area contributed by atoms with Gasteiger partial charge in [0.15, 0.2) is 5.78 Å². The smallest absolute Gasteiger partial charge is 0.166 e. The largest absolute Gasteiger partial charge is 0.493 e. The summed E-state index contributed by atoms with van der Waals surface area (Å²) in [6.45, 7) is 0.444. The van der Waals surface area contributed by atoms with Crippen molar-refractivity contribution in [1.82, 2.24) is 0 Å². The highest BCUT2D eigenvalue weighted by molar-refractivity contribution is 6.31. The van der Waals surface area contributed by atoms with Crippen LogP contribution < -0.4 is 4.74 Å². The van der Waals surface area contributed by atoms with Crippen LogP contribution in [0.2, 0.25) is 5.02 Å². The van der Waals surface area contributed by atoms with Gasteiger partial charge in [0.05, 0.1) is 17.2 Å². The summed E-state index contributed by atoms with van der Waals surface area (Å²) in [4.78, 5) is 11.5. The highest BCUT2D eigenvalue weighted by atomic mass is 35.5. The molecule has 0 amide bonds. The second kappa shape index (κ2) is 3.58. The Bertz CT molecular complexity index is 390. The summed E-state index contributed by atoms with van der Waals surface area (Å²) in [5, 5.41) is -0.0393. The van der Waals surface area contributed by atoms with Gasteiger partial charge in [-0.2, -0.15) is 0 Å². The minimum absolute atomic E-state index is 0.0393. The predicted octanol–water partition coefficient (Wildman–Crippen LogP) is 2.83. The van der Waals surface area contributed by atoms with Crippen molar-refractivity contribution in [3.8, 4) is 5.75 Å². The molecule has 4 heteroatoms. The molecule has 2 rings (SSSR count). The van der Waals surface area contributed by atoms with Gasteiger partial charge in [0.2, 0.25) is 0 Å². The second-order valence-corrected chi connectivity index (χ2v) is 3.54. The number of rotatable bonds is 0. The van der Waals surface area contributed by atoms with E-state index in [0.717, 1.165) is 0 Å². The summed E-state index contributed by atoms with van der Waals surface area (Å²) < 4.78 is 18.3. The van der Waals surface area contributed by atoms with E-state index in [1.54, 1.807) is 0 Å². The van der Waals surface area contributed by atoms with E-state index in [9.17, 15) is 9.18 Å². The van der Waals surface area contributed by atoms with Gasteiger partial charge in [0.1, 0.15) is 11.6 Å². The van der Waals surface area contributed by atoms with Gasteiger partial charge in [-0.05, 0) is 12.5 Å². The Morgan fingerprint density at radius 2 is 2.21 bits per heavy atom. The Hall–Kier alpha value is -1.09. The van der Waals surface area contributed by atoms with Crippen LogP contribution in [-0.2, 0) is 0 Å². The summed E-state index contributed by atoms with van der Waals surface area (Å²) >= 11 is 5.58. The molecule has 0 atom stereocenters. The lowest BCUT2D eigenvalue weighted by Crippen LogP contribution is -1.98. The summed E-state index contributed by atoms with van der Waals surface area (Å²) in [6, 6.07) is 2.50. The zero-order chi connectivity index (χ0) is 10.1. The number of carbonyl (C=O) groups excluding carboxylic acids is 1. The molecular weight excluding hydrogens is 207 g/mol. The van der Waals surface area contributed by atoms with Crippen molar-refractivity contribution in [2.75, 3.05) is 6.61 Å². The van der Waals surface area contributed by atoms with E-state index in [0.29, 0.717) is 30.8 Å². The van der Waals surface area contributed by atoms with Crippen LogP contribution in [0.1, 0.15) is 23.2 Å². The third-order valence-corrected chi connectivity index (χ3v) is 2.42. The van der Waals surface area contributed by atoms with Gasteiger partial charge in [-0.1, -0.05) is 11.6 Å². The fourth-order valence-electron chi connectivity index (χ4n) is 1.42. The fourth-order valence-corrected chi connectivity index (χ4v) is 1.58. The van der Waals surface area contributed by atoms with E-state index in [4.69, 9.17) is 16.3 Å². The molecule has 0 radical (unpaired) electrons. The molecular formula is C10H8ClFO2. The minimum Gasteiger partial charge on any atom is -0.493 e. The van der Waals surface area contributed by atoms with Gasteiger partial charge in [-0.3, -0.25) is 4.79 Å². The van der Waals surface area contributed by atoms with Crippen LogP contribution in [0.5, 0.6) is 5.75 Å². The lowest BCUT2D eigenvalue weighted by atomic mass is 10.1. The summed E-state index contributed by atoms with van der Waals surface area (Å²) in [5.74, 6) is -0.297. The quantitative estimate of drug-likeness (QED) is 0.664. The molecule has 0 saturated carbocycles. The molecule has 0 aromatic heterocycles. The van der Waals surface area contributed by atoms with Crippen LogP contribution in [0.25, 0.3) is 0 Å². The zero-order valence-corrected chi connectivity index (χ0v) is 8.10. The van der Waals surface area contributed by atoms with Crippen molar-refractivity contribution in [3.05, 3.63) is 28.5 Å². The zero-order valence-electron chi connectivity index (χ0n) is 7.35. The molecule has 0 spiro atoms. The number of hydrogen-bond acceptors (Lipinski definition) is 2. The number of halogens is 2. The van der Waals surface area contributed by atoms with Crippen LogP contribution in [0, 0.1) is 5.82 Å². The monoisotopic (exact) mass is 214 g/mol. The van der Waals surface area contributed by atoms with Crippen molar-refractivity contribution in [1.29, 1.82) is 0 Å². The van der Waals surface area contributed by atoms with E-state index in [1.165, 1.54) is 12.1 Å². The van der Waals surface area contributed by atoms with Crippen LogP contribution in [-0.4, -0.2) is 12.4 Å². The number of Topliss-reactive ketones (excluding diaryl/α,β-unsaturated/α-hetero) is 1. The van der Waals surface area contributed by atoms with Gasteiger partial charge >= 0.3 is 0 Å². The third-order valence-electron chi connectivity index (χ3n) is 2.13. The Morgan fingerprint density at radius 1 is 1.43 bits per heavy atom. The normalized spacial score (nSPS) is 15.7. The lowest BCUT2D eigenvalue weighted by Gasteiger charge is -2.06. The molecule has 1 aromatic carbocycles. The molecule has 0 aliphatic carbocycles. The molecule has 74 valence electrons. The number of fused-ring (bicyclic) bond motifs is 1. The van der Waals surface area contributed by atoms with E-state index in [-0.39, 0.29) is 10.8 Å². The van der Waals surface area contributed by atoms with E-state index in [2.05, 4.69) is 0 Å². The second-order valence-electron chi connectivity index (χ2n) is 3.14. The van der Waals surface area contributed by atoms with Gasteiger partial charge < -0.3 is 4.74 Å². The maximum Gasteiger partial charge on any atom is 0.166 e. The predicted molar refractivity (Wildman–Crippen MR) is 50.5 cm³/mol. The van der Waals surface area contributed by atoms with E-state index in [1.807, 2.05) is 0 Å². The standard InChI is InChI=1S/C10H8ClFO2/c11-7-4-6-9(13)2-1-3-14-10(6)5-8(7)12/h4-5H,1-3H2.